The minimum atomic E-state index is 0. The van der Waals surface area contributed by atoms with Gasteiger partial charge in [-0.3, -0.25) is 4.99 Å². The maximum Gasteiger partial charge on any atom is 0.191 e. The molecule has 1 aromatic carbocycles. The zero-order valence-electron chi connectivity index (χ0n) is 17.3. The number of rotatable bonds is 10. The van der Waals surface area contributed by atoms with Crippen molar-refractivity contribution < 1.29 is 0 Å². The van der Waals surface area contributed by atoms with Gasteiger partial charge in [-0.2, -0.15) is 0 Å². The molecule has 2 N–H and O–H groups in total. The van der Waals surface area contributed by atoms with Crippen molar-refractivity contribution in [1.82, 2.24) is 15.5 Å². The Morgan fingerprint density at radius 2 is 1.96 bits per heavy atom. The predicted octanol–water partition coefficient (Wildman–Crippen LogP) is 3.42. The van der Waals surface area contributed by atoms with Crippen LogP contribution in [0, 0.1) is 5.92 Å². The highest BCUT2D eigenvalue weighted by molar-refractivity contribution is 14.0. The first-order chi connectivity index (χ1) is 12.8. The van der Waals surface area contributed by atoms with Gasteiger partial charge in [-0.1, -0.05) is 25.1 Å². The van der Waals surface area contributed by atoms with E-state index in [2.05, 4.69) is 71.5 Å². The Balaban J connectivity index is 0.00000364. The fraction of sp³-hybridized carbons (Fsp3) is 0.667. The van der Waals surface area contributed by atoms with Crippen molar-refractivity contribution >= 4 is 35.6 Å². The summed E-state index contributed by atoms with van der Waals surface area (Å²) < 4.78 is 0. The molecule has 0 aliphatic carbocycles. The molecule has 0 radical (unpaired) electrons. The van der Waals surface area contributed by atoms with E-state index in [9.17, 15) is 0 Å². The average molecular weight is 487 g/mol. The van der Waals surface area contributed by atoms with Gasteiger partial charge < -0.3 is 20.4 Å². The third-order valence-electron chi connectivity index (χ3n) is 5.07. The van der Waals surface area contributed by atoms with E-state index < -0.39 is 0 Å². The van der Waals surface area contributed by atoms with Crippen LogP contribution < -0.4 is 15.5 Å². The molecule has 27 heavy (non-hydrogen) atoms. The van der Waals surface area contributed by atoms with Gasteiger partial charge in [0.2, 0.25) is 0 Å². The lowest BCUT2D eigenvalue weighted by Crippen LogP contribution is -2.39. The van der Waals surface area contributed by atoms with Crippen molar-refractivity contribution in [1.29, 1.82) is 0 Å². The fourth-order valence-electron chi connectivity index (χ4n) is 3.50. The van der Waals surface area contributed by atoms with E-state index in [4.69, 9.17) is 4.99 Å². The number of anilines is 1. The van der Waals surface area contributed by atoms with E-state index in [0.29, 0.717) is 5.92 Å². The molecule has 0 aromatic heterocycles. The summed E-state index contributed by atoms with van der Waals surface area (Å²) in [7, 11) is 0. The summed E-state index contributed by atoms with van der Waals surface area (Å²) in [5.74, 6) is 1.67. The number of para-hydroxylation sites is 1. The van der Waals surface area contributed by atoms with Crippen molar-refractivity contribution in [3.63, 3.8) is 0 Å². The maximum atomic E-state index is 4.81. The summed E-state index contributed by atoms with van der Waals surface area (Å²) in [5, 5.41) is 6.88. The SMILES string of the molecule is CCNC(=NCC1CCN(CC)C1)NCCCN(CC)c1ccccc1.I. The minimum absolute atomic E-state index is 0. The Hall–Kier alpha value is -1.02. The number of nitrogens with zero attached hydrogens (tertiary/aromatic N) is 3. The average Bonchev–Trinajstić information content (AvgIpc) is 3.15. The van der Waals surface area contributed by atoms with Crippen molar-refractivity contribution in [3.8, 4) is 0 Å². The highest BCUT2D eigenvalue weighted by Crippen LogP contribution is 2.15. The number of nitrogens with one attached hydrogen (secondary N) is 2. The van der Waals surface area contributed by atoms with Crippen molar-refractivity contribution in [2.24, 2.45) is 10.9 Å². The second-order valence-electron chi connectivity index (χ2n) is 6.96. The van der Waals surface area contributed by atoms with E-state index in [1.807, 2.05) is 0 Å². The highest BCUT2D eigenvalue weighted by atomic mass is 127. The van der Waals surface area contributed by atoms with Crippen LogP contribution in [0.2, 0.25) is 0 Å². The van der Waals surface area contributed by atoms with Crippen LogP contribution in [0.5, 0.6) is 0 Å². The van der Waals surface area contributed by atoms with Gasteiger partial charge in [0.15, 0.2) is 5.96 Å². The van der Waals surface area contributed by atoms with Crippen LogP contribution in [0.25, 0.3) is 0 Å². The van der Waals surface area contributed by atoms with Gasteiger partial charge in [0.1, 0.15) is 0 Å². The highest BCUT2D eigenvalue weighted by Gasteiger charge is 2.20. The number of guanidine groups is 1. The first kappa shape index (κ1) is 24.0. The van der Waals surface area contributed by atoms with Gasteiger partial charge in [-0.15, -0.1) is 24.0 Å². The Bertz CT molecular complexity index is 523. The van der Waals surface area contributed by atoms with E-state index in [0.717, 1.165) is 51.6 Å². The summed E-state index contributed by atoms with van der Waals surface area (Å²) in [5.41, 5.74) is 1.30. The molecule has 1 heterocycles. The van der Waals surface area contributed by atoms with Crippen LogP contribution >= 0.6 is 24.0 Å². The Labute approximate surface area is 183 Å². The molecule has 0 amide bonds. The van der Waals surface area contributed by atoms with E-state index in [1.54, 1.807) is 0 Å². The lowest BCUT2D eigenvalue weighted by molar-refractivity contribution is 0.343. The third kappa shape index (κ3) is 8.68. The molecule has 0 spiro atoms. The largest absolute Gasteiger partial charge is 0.372 e. The number of halogens is 1. The van der Waals surface area contributed by atoms with Crippen LogP contribution in [-0.2, 0) is 0 Å². The molecule has 1 saturated heterocycles. The van der Waals surface area contributed by atoms with Gasteiger partial charge in [-0.05, 0) is 57.8 Å². The van der Waals surface area contributed by atoms with E-state index in [-0.39, 0.29) is 24.0 Å². The summed E-state index contributed by atoms with van der Waals surface area (Å²) in [6.07, 6.45) is 2.37. The smallest absolute Gasteiger partial charge is 0.191 e. The summed E-state index contributed by atoms with van der Waals surface area (Å²) >= 11 is 0. The Kier molecular flexibility index (Phi) is 12.5. The zero-order chi connectivity index (χ0) is 18.6. The Morgan fingerprint density at radius 1 is 1.19 bits per heavy atom. The molecule has 1 aliphatic heterocycles. The number of aliphatic imine (C=N–C) groups is 1. The molecule has 2 rings (SSSR count). The molecule has 1 aromatic rings. The summed E-state index contributed by atoms with van der Waals surface area (Å²) in [6.45, 7) is 15.0. The molecule has 1 fully saturated rings. The predicted molar refractivity (Wildman–Crippen MR) is 129 cm³/mol. The standard InChI is InChI=1S/C21H37N5.HI/c1-4-22-21(24-17-19-13-16-25(5-2)18-19)23-14-10-15-26(6-3)20-11-8-7-9-12-20;/h7-9,11-12,19H,4-6,10,13-18H2,1-3H3,(H2,22,23,24);1H. The van der Waals surface area contributed by atoms with Crippen LogP contribution in [0.15, 0.2) is 35.3 Å². The summed E-state index contributed by atoms with van der Waals surface area (Å²) in [6, 6.07) is 10.7. The van der Waals surface area contributed by atoms with Gasteiger partial charge in [-0.25, -0.2) is 0 Å². The van der Waals surface area contributed by atoms with Gasteiger partial charge in [0.25, 0.3) is 0 Å². The second kappa shape index (κ2) is 14.0. The van der Waals surface area contributed by atoms with E-state index >= 15 is 0 Å². The van der Waals surface area contributed by atoms with Gasteiger partial charge >= 0.3 is 0 Å². The molecule has 154 valence electrons. The summed E-state index contributed by atoms with van der Waals surface area (Å²) in [4.78, 5) is 9.75. The lowest BCUT2D eigenvalue weighted by atomic mass is 10.1. The second-order valence-corrected chi connectivity index (χ2v) is 6.96. The lowest BCUT2D eigenvalue weighted by Gasteiger charge is -2.23. The monoisotopic (exact) mass is 487 g/mol. The zero-order valence-corrected chi connectivity index (χ0v) is 19.6. The number of hydrogen-bond donors (Lipinski definition) is 2. The number of hydrogen-bond acceptors (Lipinski definition) is 3. The fourth-order valence-corrected chi connectivity index (χ4v) is 3.50. The molecule has 1 aliphatic rings. The van der Waals surface area contributed by atoms with Crippen LogP contribution in [0.4, 0.5) is 5.69 Å². The molecular weight excluding hydrogens is 449 g/mol. The van der Waals surface area contributed by atoms with Gasteiger partial charge in [0.05, 0.1) is 0 Å². The normalized spacial score (nSPS) is 17.4. The first-order valence-corrected chi connectivity index (χ1v) is 10.3. The van der Waals surface area contributed by atoms with Crippen LogP contribution in [-0.4, -0.2) is 63.2 Å². The number of likely N-dealkylation sites (tertiary alicyclic amines) is 1. The molecule has 0 saturated carbocycles. The topological polar surface area (TPSA) is 42.9 Å². The quantitative estimate of drug-likeness (QED) is 0.230. The molecule has 5 nitrogen and oxygen atoms in total. The number of benzene rings is 1. The van der Waals surface area contributed by atoms with Crippen molar-refractivity contribution in [3.05, 3.63) is 30.3 Å². The molecule has 1 atom stereocenters. The molecule has 0 bridgehead atoms. The first-order valence-electron chi connectivity index (χ1n) is 10.3. The van der Waals surface area contributed by atoms with Crippen LogP contribution in [0.1, 0.15) is 33.6 Å². The minimum Gasteiger partial charge on any atom is -0.372 e. The molecule has 1 unspecified atom stereocenters. The third-order valence-corrected chi connectivity index (χ3v) is 5.07. The van der Waals surface area contributed by atoms with Crippen molar-refractivity contribution in [2.45, 2.75) is 33.6 Å². The van der Waals surface area contributed by atoms with Crippen LogP contribution in [0.3, 0.4) is 0 Å². The van der Waals surface area contributed by atoms with E-state index in [1.165, 1.54) is 25.2 Å². The maximum absolute atomic E-state index is 4.81. The van der Waals surface area contributed by atoms with Crippen molar-refractivity contribution in [2.75, 3.05) is 57.3 Å². The Morgan fingerprint density at radius 3 is 2.59 bits per heavy atom. The molecular formula is C21H38IN5. The van der Waals surface area contributed by atoms with Gasteiger partial charge in [0, 0.05) is 45.0 Å². The molecule has 6 heteroatoms.